The molecule has 1 atom stereocenters. The van der Waals surface area contributed by atoms with Gasteiger partial charge in [-0.2, -0.15) is 10.2 Å². The van der Waals surface area contributed by atoms with Gasteiger partial charge in [0.25, 0.3) is 0 Å². The van der Waals surface area contributed by atoms with Crippen molar-refractivity contribution in [2.24, 2.45) is 5.92 Å². The zero-order valence-corrected chi connectivity index (χ0v) is 9.06. The summed E-state index contributed by atoms with van der Waals surface area (Å²) in [5.74, 6) is 0.942. The smallest absolute Gasteiger partial charge is 0.228 e. The lowest BCUT2D eigenvalue weighted by Crippen LogP contribution is -1.98. The van der Waals surface area contributed by atoms with E-state index in [0.717, 1.165) is 6.42 Å². The largest absolute Gasteiger partial charge is 0.373 e. The van der Waals surface area contributed by atoms with Gasteiger partial charge in [-0.05, 0) is 13.3 Å². The number of ether oxygens (including phenoxy) is 1. The molecule has 1 aromatic heterocycles. The molecule has 0 bridgehead atoms. The van der Waals surface area contributed by atoms with Crippen molar-refractivity contribution < 1.29 is 9.26 Å². The van der Waals surface area contributed by atoms with E-state index >= 15 is 0 Å². The molecule has 1 heterocycles. The Balaban J connectivity index is 2.39. The van der Waals surface area contributed by atoms with Gasteiger partial charge in [-0.15, -0.1) is 0 Å². The van der Waals surface area contributed by atoms with Crippen LogP contribution in [0.4, 0.5) is 0 Å². The summed E-state index contributed by atoms with van der Waals surface area (Å²) < 4.78 is 10.2. The Bertz CT molecular complexity index is 330. The minimum absolute atomic E-state index is 0.102. The second-order valence-corrected chi connectivity index (χ2v) is 3.39. The van der Waals surface area contributed by atoms with Crippen LogP contribution in [0.3, 0.4) is 0 Å². The summed E-state index contributed by atoms with van der Waals surface area (Å²) in [4.78, 5) is 4.12. The molecule has 0 fully saturated rings. The van der Waals surface area contributed by atoms with E-state index in [0.29, 0.717) is 31.3 Å². The first-order valence-electron chi connectivity index (χ1n) is 5.05. The molecule has 5 nitrogen and oxygen atoms in total. The van der Waals surface area contributed by atoms with E-state index in [1.807, 2.05) is 13.8 Å². The van der Waals surface area contributed by atoms with Crippen molar-refractivity contribution >= 4 is 0 Å². The van der Waals surface area contributed by atoms with Crippen LogP contribution in [0, 0.1) is 17.2 Å². The Morgan fingerprint density at radius 2 is 2.40 bits per heavy atom. The van der Waals surface area contributed by atoms with E-state index in [-0.39, 0.29) is 5.92 Å². The second kappa shape index (κ2) is 6.14. The number of hydrogen-bond acceptors (Lipinski definition) is 5. The third kappa shape index (κ3) is 4.09. The SMILES string of the molecule is CCCOCc1noc(CC(C)C#N)n1. The summed E-state index contributed by atoms with van der Waals surface area (Å²) in [6.45, 7) is 4.92. The molecule has 0 saturated heterocycles. The van der Waals surface area contributed by atoms with E-state index in [1.165, 1.54) is 0 Å². The van der Waals surface area contributed by atoms with Crippen LogP contribution in [0.1, 0.15) is 32.0 Å². The molecular formula is C10H15N3O2. The fourth-order valence-corrected chi connectivity index (χ4v) is 1.05. The molecule has 0 amide bonds. The molecule has 0 N–H and O–H groups in total. The normalized spacial score (nSPS) is 12.3. The topological polar surface area (TPSA) is 71.9 Å². The lowest BCUT2D eigenvalue weighted by molar-refractivity contribution is 0.114. The lowest BCUT2D eigenvalue weighted by atomic mass is 10.1. The monoisotopic (exact) mass is 209 g/mol. The van der Waals surface area contributed by atoms with Crippen molar-refractivity contribution in [2.75, 3.05) is 6.61 Å². The van der Waals surface area contributed by atoms with Crippen molar-refractivity contribution in [1.29, 1.82) is 5.26 Å². The molecule has 0 spiro atoms. The average molecular weight is 209 g/mol. The zero-order valence-electron chi connectivity index (χ0n) is 9.06. The Hall–Kier alpha value is -1.41. The van der Waals surface area contributed by atoms with E-state index < -0.39 is 0 Å². The van der Waals surface area contributed by atoms with E-state index in [4.69, 9.17) is 14.5 Å². The van der Waals surface area contributed by atoms with Crippen LogP contribution in [0.2, 0.25) is 0 Å². The summed E-state index contributed by atoms with van der Waals surface area (Å²) in [6, 6.07) is 2.12. The molecule has 0 aliphatic heterocycles. The van der Waals surface area contributed by atoms with E-state index in [1.54, 1.807) is 0 Å². The van der Waals surface area contributed by atoms with Gasteiger partial charge in [-0.1, -0.05) is 12.1 Å². The number of nitriles is 1. The molecule has 1 unspecified atom stereocenters. The molecule has 0 aliphatic rings. The van der Waals surface area contributed by atoms with Gasteiger partial charge in [0.2, 0.25) is 5.89 Å². The molecule has 1 aromatic rings. The Morgan fingerprint density at radius 3 is 3.07 bits per heavy atom. The maximum absolute atomic E-state index is 8.61. The summed E-state index contributed by atoms with van der Waals surface area (Å²) in [5.41, 5.74) is 0. The number of aromatic nitrogens is 2. The van der Waals surface area contributed by atoms with Gasteiger partial charge in [0.15, 0.2) is 5.82 Å². The Morgan fingerprint density at radius 1 is 1.60 bits per heavy atom. The summed E-state index contributed by atoms with van der Waals surface area (Å²) >= 11 is 0. The fraction of sp³-hybridized carbons (Fsp3) is 0.700. The predicted octanol–water partition coefficient (Wildman–Crippen LogP) is 1.70. The van der Waals surface area contributed by atoms with Gasteiger partial charge in [-0.25, -0.2) is 0 Å². The molecule has 0 aliphatic carbocycles. The average Bonchev–Trinajstić information content (AvgIpc) is 2.66. The summed E-state index contributed by atoms with van der Waals surface area (Å²) in [7, 11) is 0. The van der Waals surface area contributed by atoms with Crippen molar-refractivity contribution in [2.45, 2.75) is 33.3 Å². The molecule has 0 aromatic carbocycles. The molecular weight excluding hydrogens is 194 g/mol. The fourth-order valence-electron chi connectivity index (χ4n) is 1.05. The first-order chi connectivity index (χ1) is 7.26. The standard InChI is InChI=1S/C10H15N3O2/c1-3-4-14-7-9-12-10(15-13-9)5-8(2)6-11/h8H,3-5,7H2,1-2H3. The molecule has 0 radical (unpaired) electrons. The van der Waals surface area contributed by atoms with Crippen LogP contribution >= 0.6 is 0 Å². The second-order valence-electron chi connectivity index (χ2n) is 3.39. The van der Waals surface area contributed by atoms with Crippen LogP contribution in [-0.4, -0.2) is 16.7 Å². The number of hydrogen-bond donors (Lipinski definition) is 0. The van der Waals surface area contributed by atoms with Crippen molar-refractivity contribution in [3.63, 3.8) is 0 Å². The van der Waals surface area contributed by atoms with Crippen LogP contribution in [0.15, 0.2) is 4.52 Å². The highest BCUT2D eigenvalue weighted by atomic mass is 16.5. The number of rotatable bonds is 6. The summed E-state index contributed by atoms with van der Waals surface area (Å²) in [5, 5.41) is 12.4. The molecule has 1 rings (SSSR count). The number of nitrogens with zero attached hydrogens (tertiary/aromatic N) is 3. The van der Waals surface area contributed by atoms with Crippen molar-refractivity contribution in [3.05, 3.63) is 11.7 Å². The third-order valence-corrected chi connectivity index (χ3v) is 1.79. The highest BCUT2D eigenvalue weighted by Gasteiger charge is 2.09. The van der Waals surface area contributed by atoms with Crippen LogP contribution in [0.25, 0.3) is 0 Å². The minimum atomic E-state index is -0.102. The van der Waals surface area contributed by atoms with Gasteiger partial charge >= 0.3 is 0 Å². The van der Waals surface area contributed by atoms with Crippen molar-refractivity contribution in [1.82, 2.24) is 10.1 Å². The molecule has 5 heteroatoms. The minimum Gasteiger partial charge on any atom is -0.373 e. The molecule has 82 valence electrons. The van der Waals surface area contributed by atoms with E-state index in [2.05, 4.69) is 16.2 Å². The Kier molecular flexibility index (Phi) is 4.78. The maximum Gasteiger partial charge on any atom is 0.228 e. The van der Waals surface area contributed by atoms with E-state index in [9.17, 15) is 0 Å². The highest BCUT2D eigenvalue weighted by molar-refractivity contribution is 4.91. The van der Waals surface area contributed by atoms with Gasteiger partial charge in [0, 0.05) is 13.0 Å². The van der Waals surface area contributed by atoms with Gasteiger partial charge in [0.1, 0.15) is 6.61 Å². The van der Waals surface area contributed by atoms with Crippen LogP contribution in [0.5, 0.6) is 0 Å². The summed E-state index contributed by atoms with van der Waals surface area (Å²) in [6.07, 6.45) is 1.47. The quantitative estimate of drug-likeness (QED) is 0.667. The van der Waals surface area contributed by atoms with Gasteiger partial charge in [0.05, 0.1) is 12.0 Å². The van der Waals surface area contributed by atoms with Crippen LogP contribution < -0.4 is 0 Å². The predicted molar refractivity (Wildman–Crippen MR) is 52.7 cm³/mol. The lowest BCUT2D eigenvalue weighted by Gasteiger charge is -1.95. The highest BCUT2D eigenvalue weighted by Crippen LogP contribution is 2.06. The third-order valence-electron chi connectivity index (χ3n) is 1.79. The first-order valence-corrected chi connectivity index (χ1v) is 5.05. The molecule has 15 heavy (non-hydrogen) atoms. The van der Waals surface area contributed by atoms with Gasteiger partial charge in [-0.3, -0.25) is 0 Å². The van der Waals surface area contributed by atoms with Crippen molar-refractivity contribution in [3.8, 4) is 6.07 Å². The molecule has 0 saturated carbocycles. The van der Waals surface area contributed by atoms with Gasteiger partial charge < -0.3 is 9.26 Å². The Labute approximate surface area is 89.0 Å². The maximum atomic E-state index is 8.61. The first kappa shape index (κ1) is 11.7. The zero-order chi connectivity index (χ0) is 11.1. The van der Waals surface area contributed by atoms with Crippen LogP contribution in [-0.2, 0) is 17.8 Å².